The highest BCUT2D eigenvalue weighted by molar-refractivity contribution is 5.76. The Morgan fingerprint density at radius 3 is 1.04 bits per heavy atom. The molecule has 0 aromatic carbocycles. The minimum atomic E-state index is -0.868. The molecule has 4 nitrogen and oxygen atoms in total. The van der Waals surface area contributed by atoms with E-state index in [9.17, 15) is 15.0 Å². The number of aliphatic hydroxyl groups is 2. The summed E-state index contributed by atoms with van der Waals surface area (Å²) in [7, 11) is 0. The number of aliphatic hydroxyl groups excluding tert-OH is 2. The van der Waals surface area contributed by atoms with Gasteiger partial charge in [-0.05, 0) is 70.6 Å². The molecule has 57 heavy (non-hydrogen) atoms. The standard InChI is InChI=1S/C53H99NO3/c1-3-5-7-9-11-13-15-17-19-20-21-22-23-24-25-26-27-28-29-30-31-32-33-34-35-37-39-41-43-45-47-49-53(57)54-51(50-55)52(56)48-46-44-42-40-38-36-18-16-14-12-10-8-6-4-2/h14,16,20-21,38,40,46,48,51-52,55-56H,3-13,15,17-19,22-37,39,41-45,47,49-50H2,1-2H3,(H,54,57)/b16-14+,21-20-,40-38+,48-46+. The van der Waals surface area contributed by atoms with Crippen LogP contribution in [0.1, 0.15) is 264 Å². The summed E-state index contributed by atoms with van der Waals surface area (Å²) in [5.41, 5.74) is 0. The molecule has 0 heterocycles. The van der Waals surface area contributed by atoms with Crippen molar-refractivity contribution in [1.29, 1.82) is 0 Å². The Balaban J connectivity index is 3.47. The van der Waals surface area contributed by atoms with Crippen molar-refractivity contribution in [2.45, 2.75) is 276 Å². The maximum atomic E-state index is 12.4. The Kier molecular flexibility index (Phi) is 47.3. The highest BCUT2D eigenvalue weighted by atomic mass is 16.3. The quantitative estimate of drug-likeness (QED) is 0.0424. The molecule has 0 bridgehead atoms. The van der Waals surface area contributed by atoms with Gasteiger partial charge in [0.05, 0.1) is 18.8 Å². The predicted octanol–water partition coefficient (Wildman–Crippen LogP) is 16.3. The third-order valence-corrected chi connectivity index (χ3v) is 11.5. The lowest BCUT2D eigenvalue weighted by atomic mass is 10.0. The Labute approximate surface area is 356 Å². The van der Waals surface area contributed by atoms with Crippen LogP contribution in [-0.2, 0) is 4.79 Å². The van der Waals surface area contributed by atoms with Crippen LogP contribution in [0, 0.1) is 0 Å². The van der Waals surface area contributed by atoms with Crippen LogP contribution in [0.15, 0.2) is 48.6 Å². The van der Waals surface area contributed by atoms with Crippen LogP contribution in [0.4, 0.5) is 0 Å². The maximum absolute atomic E-state index is 12.4. The van der Waals surface area contributed by atoms with E-state index in [2.05, 4.69) is 55.6 Å². The van der Waals surface area contributed by atoms with E-state index >= 15 is 0 Å². The third kappa shape index (κ3) is 45.3. The van der Waals surface area contributed by atoms with Gasteiger partial charge in [0.15, 0.2) is 0 Å². The first-order chi connectivity index (χ1) is 28.2. The van der Waals surface area contributed by atoms with E-state index in [1.807, 2.05) is 6.08 Å². The molecule has 0 aliphatic carbocycles. The van der Waals surface area contributed by atoms with E-state index in [1.54, 1.807) is 6.08 Å². The SMILES string of the molecule is CCCCCC/C=C/CC/C=C/CC/C=C/C(O)C(CO)NC(=O)CCCCCCCCCCCCCCCCCCCCC/C=C\CCCCCCCCCC. The fourth-order valence-corrected chi connectivity index (χ4v) is 7.62. The van der Waals surface area contributed by atoms with Crippen molar-refractivity contribution in [3.63, 3.8) is 0 Å². The molecular weight excluding hydrogens is 699 g/mol. The molecule has 2 atom stereocenters. The molecule has 3 N–H and O–H groups in total. The van der Waals surface area contributed by atoms with Gasteiger partial charge in [-0.25, -0.2) is 0 Å². The minimum absolute atomic E-state index is 0.0760. The van der Waals surface area contributed by atoms with Gasteiger partial charge in [0.25, 0.3) is 0 Å². The van der Waals surface area contributed by atoms with E-state index in [0.29, 0.717) is 6.42 Å². The molecule has 0 aromatic heterocycles. The van der Waals surface area contributed by atoms with Crippen LogP contribution in [-0.4, -0.2) is 34.9 Å². The van der Waals surface area contributed by atoms with Gasteiger partial charge in [-0.15, -0.1) is 0 Å². The summed E-state index contributed by atoms with van der Waals surface area (Å²) in [6.45, 7) is 4.28. The Hall–Kier alpha value is -1.65. The molecule has 0 spiro atoms. The average molecular weight is 798 g/mol. The minimum Gasteiger partial charge on any atom is -0.394 e. The zero-order valence-corrected chi connectivity index (χ0v) is 38.4. The van der Waals surface area contributed by atoms with Gasteiger partial charge in [0, 0.05) is 6.42 Å². The largest absolute Gasteiger partial charge is 0.394 e. The number of rotatable bonds is 46. The second-order valence-corrected chi connectivity index (χ2v) is 17.2. The van der Waals surface area contributed by atoms with Crippen LogP contribution in [0.3, 0.4) is 0 Å². The molecule has 4 heteroatoms. The van der Waals surface area contributed by atoms with Gasteiger partial charge < -0.3 is 15.5 Å². The summed E-state index contributed by atoms with van der Waals surface area (Å²) in [4.78, 5) is 12.4. The summed E-state index contributed by atoms with van der Waals surface area (Å²) in [6, 6.07) is -0.644. The van der Waals surface area contributed by atoms with Gasteiger partial charge >= 0.3 is 0 Å². The summed E-state index contributed by atoms with van der Waals surface area (Å²) in [5.74, 6) is -0.0760. The van der Waals surface area contributed by atoms with Crippen LogP contribution in [0.2, 0.25) is 0 Å². The zero-order chi connectivity index (χ0) is 41.4. The van der Waals surface area contributed by atoms with Gasteiger partial charge in [0.1, 0.15) is 0 Å². The monoisotopic (exact) mass is 798 g/mol. The van der Waals surface area contributed by atoms with E-state index in [-0.39, 0.29) is 12.5 Å². The molecule has 0 saturated carbocycles. The Morgan fingerprint density at radius 1 is 0.404 bits per heavy atom. The lowest BCUT2D eigenvalue weighted by molar-refractivity contribution is -0.123. The van der Waals surface area contributed by atoms with Crippen molar-refractivity contribution in [3.8, 4) is 0 Å². The number of unbranched alkanes of at least 4 members (excludes halogenated alkanes) is 33. The molecule has 0 aromatic rings. The molecule has 0 aliphatic rings. The van der Waals surface area contributed by atoms with Crippen molar-refractivity contribution in [3.05, 3.63) is 48.6 Å². The molecule has 1 amide bonds. The highest BCUT2D eigenvalue weighted by Crippen LogP contribution is 2.16. The summed E-state index contributed by atoms with van der Waals surface area (Å²) >= 11 is 0. The molecule has 0 radical (unpaired) electrons. The molecule has 0 rings (SSSR count). The Morgan fingerprint density at radius 2 is 0.684 bits per heavy atom. The second-order valence-electron chi connectivity index (χ2n) is 17.2. The van der Waals surface area contributed by atoms with Gasteiger partial charge in [0.2, 0.25) is 5.91 Å². The number of carbonyl (C=O) groups excluding carboxylic acids is 1. The normalized spacial score (nSPS) is 13.3. The van der Waals surface area contributed by atoms with Crippen LogP contribution in [0.5, 0.6) is 0 Å². The molecular formula is C53H99NO3. The zero-order valence-electron chi connectivity index (χ0n) is 38.4. The van der Waals surface area contributed by atoms with Crippen molar-refractivity contribution < 1.29 is 15.0 Å². The van der Waals surface area contributed by atoms with Crippen molar-refractivity contribution in [2.75, 3.05) is 6.61 Å². The number of allylic oxidation sites excluding steroid dienone is 7. The fourth-order valence-electron chi connectivity index (χ4n) is 7.62. The first-order valence-electron chi connectivity index (χ1n) is 25.4. The summed E-state index contributed by atoms with van der Waals surface area (Å²) < 4.78 is 0. The lowest BCUT2D eigenvalue weighted by Gasteiger charge is -2.19. The lowest BCUT2D eigenvalue weighted by Crippen LogP contribution is -2.45. The molecule has 334 valence electrons. The van der Waals surface area contributed by atoms with Gasteiger partial charge in [-0.3, -0.25) is 4.79 Å². The molecule has 0 aliphatic heterocycles. The van der Waals surface area contributed by atoms with Crippen LogP contribution in [0.25, 0.3) is 0 Å². The highest BCUT2D eigenvalue weighted by Gasteiger charge is 2.17. The van der Waals surface area contributed by atoms with Crippen LogP contribution < -0.4 is 5.32 Å². The number of hydrogen-bond donors (Lipinski definition) is 3. The smallest absolute Gasteiger partial charge is 0.220 e. The van der Waals surface area contributed by atoms with E-state index in [0.717, 1.165) is 38.5 Å². The topological polar surface area (TPSA) is 69.6 Å². The van der Waals surface area contributed by atoms with Crippen LogP contribution >= 0.6 is 0 Å². The number of carbonyl (C=O) groups is 1. The van der Waals surface area contributed by atoms with Gasteiger partial charge in [-0.1, -0.05) is 236 Å². The third-order valence-electron chi connectivity index (χ3n) is 11.5. The molecule has 2 unspecified atom stereocenters. The van der Waals surface area contributed by atoms with Crippen molar-refractivity contribution in [2.24, 2.45) is 0 Å². The molecule has 0 fully saturated rings. The van der Waals surface area contributed by atoms with Crippen molar-refractivity contribution >= 4 is 5.91 Å². The first-order valence-corrected chi connectivity index (χ1v) is 25.4. The number of hydrogen-bond acceptors (Lipinski definition) is 3. The second kappa shape index (κ2) is 48.7. The number of nitrogens with one attached hydrogen (secondary N) is 1. The number of amides is 1. The first kappa shape index (κ1) is 55.4. The maximum Gasteiger partial charge on any atom is 0.220 e. The van der Waals surface area contributed by atoms with Crippen molar-refractivity contribution in [1.82, 2.24) is 5.32 Å². The predicted molar refractivity (Wildman–Crippen MR) is 253 cm³/mol. The summed E-state index contributed by atoms with van der Waals surface area (Å²) in [6.07, 6.45) is 66.9. The molecule has 0 saturated heterocycles. The van der Waals surface area contributed by atoms with Gasteiger partial charge in [-0.2, -0.15) is 0 Å². The van der Waals surface area contributed by atoms with E-state index < -0.39 is 12.1 Å². The summed E-state index contributed by atoms with van der Waals surface area (Å²) in [5, 5.41) is 23.0. The Bertz CT molecular complexity index is 908. The fraction of sp³-hybridized carbons (Fsp3) is 0.830. The van der Waals surface area contributed by atoms with E-state index in [1.165, 1.54) is 205 Å². The average Bonchev–Trinajstić information content (AvgIpc) is 3.22. The van der Waals surface area contributed by atoms with E-state index in [4.69, 9.17) is 0 Å².